The summed E-state index contributed by atoms with van der Waals surface area (Å²) < 4.78 is 40.8. The lowest BCUT2D eigenvalue weighted by Gasteiger charge is -2.45. The Labute approximate surface area is 263 Å². The highest BCUT2D eigenvalue weighted by atomic mass is 35.5. The van der Waals surface area contributed by atoms with E-state index in [1.54, 1.807) is 30.4 Å². The van der Waals surface area contributed by atoms with Crippen LogP contribution in [0, 0.1) is 11.8 Å². The standard InChI is InChI=1S/C32H38ClN3O7S/c1-42-30(38)18-36-14-3-2-6-28(37)25-10-7-23(25)17-35-19-32(13-4-5-21-15-24(33)9-11-26(21)32)20-43-29-12-8-22(16-27(29)35)31(39)34-44(36,40)41/h2,6,8-9,11-12,15-16,23,25,28,37H,3-5,7,10,13-14,17-20H2,1H3,(H,34,39)/b6-2-/t23-,25+,28-,32-/m0/s1. The molecule has 4 aliphatic rings. The maximum Gasteiger partial charge on any atom is 0.321 e. The van der Waals surface area contributed by atoms with E-state index in [-0.39, 0.29) is 35.8 Å². The first-order valence-corrected chi connectivity index (χ1v) is 16.9. The molecular weight excluding hydrogens is 606 g/mol. The number of hydrogen-bond acceptors (Lipinski definition) is 8. The van der Waals surface area contributed by atoms with E-state index < -0.39 is 34.7 Å². The van der Waals surface area contributed by atoms with Gasteiger partial charge in [0.1, 0.15) is 12.3 Å². The number of nitrogens with zero attached hydrogens (tertiary/aromatic N) is 2. The summed E-state index contributed by atoms with van der Waals surface area (Å²) in [6.45, 7) is 1.12. The average Bonchev–Trinajstić information content (AvgIpc) is 3.12. The lowest BCUT2D eigenvalue weighted by molar-refractivity contribution is -0.140. The summed E-state index contributed by atoms with van der Waals surface area (Å²) in [7, 11) is -3.23. The number of benzene rings is 2. The molecule has 12 heteroatoms. The van der Waals surface area contributed by atoms with Gasteiger partial charge in [-0.15, -0.1) is 0 Å². The van der Waals surface area contributed by atoms with Crippen LogP contribution in [0.2, 0.25) is 5.02 Å². The van der Waals surface area contributed by atoms with Crippen molar-refractivity contribution in [3.05, 3.63) is 70.3 Å². The van der Waals surface area contributed by atoms with Crippen LogP contribution < -0.4 is 14.4 Å². The maximum absolute atomic E-state index is 13.4. The van der Waals surface area contributed by atoms with Crippen LogP contribution in [0.3, 0.4) is 0 Å². The Morgan fingerprint density at radius 3 is 2.84 bits per heavy atom. The summed E-state index contributed by atoms with van der Waals surface area (Å²) in [6, 6.07) is 11.0. The van der Waals surface area contributed by atoms with Gasteiger partial charge in [-0.25, -0.2) is 4.72 Å². The molecule has 10 nitrogen and oxygen atoms in total. The Hall–Kier alpha value is -3.12. The molecule has 1 spiro atoms. The van der Waals surface area contributed by atoms with E-state index in [4.69, 9.17) is 16.3 Å². The smallest absolute Gasteiger partial charge is 0.321 e. The highest BCUT2D eigenvalue weighted by Crippen LogP contribution is 2.46. The molecule has 236 valence electrons. The molecule has 0 aromatic heterocycles. The summed E-state index contributed by atoms with van der Waals surface area (Å²) in [6.07, 6.45) is 7.70. The number of hydrogen-bond donors (Lipinski definition) is 2. The number of aryl methyl sites for hydroxylation is 1. The number of amides is 1. The van der Waals surface area contributed by atoms with Crippen molar-refractivity contribution in [3.63, 3.8) is 0 Å². The van der Waals surface area contributed by atoms with Crippen molar-refractivity contribution < 1.29 is 32.6 Å². The molecule has 1 saturated carbocycles. The molecule has 2 aliphatic carbocycles. The van der Waals surface area contributed by atoms with Crippen molar-refractivity contribution in [1.29, 1.82) is 0 Å². The number of fused-ring (bicyclic) bond motifs is 4. The van der Waals surface area contributed by atoms with E-state index in [0.29, 0.717) is 36.2 Å². The third kappa shape index (κ3) is 6.07. The molecule has 0 unspecified atom stereocenters. The third-order valence-electron chi connectivity index (χ3n) is 9.64. The number of nitrogens with one attached hydrogen (secondary N) is 1. The normalized spacial score (nSPS) is 29.2. The van der Waals surface area contributed by atoms with Crippen molar-refractivity contribution >= 4 is 39.4 Å². The number of esters is 1. The van der Waals surface area contributed by atoms with Gasteiger partial charge in [-0.2, -0.15) is 12.7 Å². The van der Waals surface area contributed by atoms with Crippen molar-refractivity contribution in [2.24, 2.45) is 11.8 Å². The van der Waals surface area contributed by atoms with Crippen LogP contribution >= 0.6 is 11.6 Å². The number of ether oxygens (including phenoxy) is 2. The van der Waals surface area contributed by atoms with E-state index in [9.17, 15) is 23.1 Å². The zero-order chi connectivity index (χ0) is 31.1. The molecule has 1 amide bonds. The molecule has 2 N–H and O–H groups in total. The summed E-state index contributed by atoms with van der Waals surface area (Å²) in [5.41, 5.74) is 2.99. The Morgan fingerprint density at radius 2 is 2.07 bits per heavy atom. The number of rotatable bonds is 2. The molecule has 2 aromatic rings. The van der Waals surface area contributed by atoms with Crippen molar-refractivity contribution in [1.82, 2.24) is 9.03 Å². The second-order valence-electron chi connectivity index (χ2n) is 12.3. The van der Waals surface area contributed by atoms with E-state index in [0.717, 1.165) is 36.4 Å². The lowest BCUT2D eigenvalue weighted by Crippen LogP contribution is -2.49. The number of anilines is 1. The zero-order valence-corrected chi connectivity index (χ0v) is 26.3. The molecule has 2 heterocycles. The molecule has 2 aliphatic heterocycles. The van der Waals surface area contributed by atoms with Gasteiger partial charge in [-0.05, 0) is 91.8 Å². The van der Waals surface area contributed by atoms with Gasteiger partial charge in [-0.1, -0.05) is 29.8 Å². The minimum atomic E-state index is -4.40. The van der Waals surface area contributed by atoms with Crippen LogP contribution in [0.1, 0.15) is 53.6 Å². The maximum atomic E-state index is 13.4. The quantitative estimate of drug-likeness (QED) is 0.376. The van der Waals surface area contributed by atoms with Crippen LogP contribution in [0.4, 0.5) is 5.69 Å². The van der Waals surface area contributed by atoms with Crippen LogP contribution in [-0.4, -0.2) is 75.7 Å². The Morgan fingerprint density at radius 1 is 1.23 bits per heavy atom. The second-order valence-corrected chi connectivity index (χ2v) is 14.4. The molecule has 0 saturated heterocycles. The molecular formula is C32H38ClN3O7S. The first kappa shape index (κ1) is 30.9. The highest BCUT2D eigenvalue weighted by molar-refractivity contribution is 7.87. The fourth-order valence-corrected chi connectivity index (χ4v) is 8.44. The van der Waals surface area contributed by atoms with Gasteiger partial charge in [0.2, 0.25) is 0 Å². The van der Waals surface area contributed by atoms with Gasteiger partial charge in [0.15, 0.2) is 0 Å². The third-order valence-corrected chi connectivity index (χ3v) is 11.3. The topological polar surface area (TPSA) is 125 Å². The highest BCUT2D eigenvalue weighted by Gasteiger charge is 2.44. The first-order valence-electron chi connectivity index (χ1n) is 15.1. The number of aliphatic hydroxyl groups is 1. The zero-order valence-electron chi connectivity index (χ0n) is 24.7. The number of methoxy groups -OCH3 is 1. The number of carbonyl (C=O) groups is 2. The predicted octanol–water partition coefficient (Wildman–Crippen LogP) is 3.61. The van der Waals surface area contributed by atoms with Gasteiger partial charge in [-0.3, -0.25) is 9.59 Å². The lowest BCUT2D eigenvalue weighted by atomic mass is 9.68. The molecule has 2 aromatic carbocycles. The second kappa shape index (κ2) is 12.3. The van der Waals surface area contributed by atoms with Gasteiger partial charge in [0.25, 0.3) is 5.91 Å². The number of aliphatic hydroxyl groups excluding tert-OH is 1. The van der Waals surface area contributed by atoms with E-state index in [2.05, 4.69) is 20.4 Å². The van der Waals surface area contributed by atoms with Gasteiger partial charge >= 0.3 is 16.2 Å². The van der Waals surface area contributed by atoms with Crippen molar-refractivity contribution in [2.45, 2.75) is 50.0 Å². The monoisotopic (exact) mass is 643 g/mol. The van der Waals surface area contributed by atoms with Gasteiger partial charge in [0, 0.05) is 35.6 Å². The van der Waals surface area contributed by atoms with Gasteiger partial charge < -0.3 is 19.5 Å². The Kier molecular flexibility index (Phi) is 8.67. The van der Waals surface area contributed by atoms with Crippen LogP contribution in [0.15, 0.2) is 48.6 Å². The minimum absolute atomic E-state index is 0.0431. The van der Waals surface area contributed by atoms with Crippen LogP contribution in [0.5, 0.6) is 5.75 Å². The molecule has 1 fully saturated rings. The first-order chi connectivity index (χ1) is 21.1. The fraction of sp³-hybridized carbons (Fsp3) is 0.500. The van der Waals surface area contributed by atoms with Crippen LogP contribution in [0.25, 0.3) is 0 Å². The SMILES string of the molecule is COC(=O)CN1CC/C=C\[C@H](O)[C@@H]2CC[C@H]2CN2C[C@@]3(CCCc4cc(Cl)ccc43)COc3ccc(cc32)C(=O)NS1(=O)=O. The van der Waals surface area contributed by atoms with E-state index >= 15 is 0 Å². The van der Waals surface area contributed by atoms with Crippen molar-refractivity contribution in [3.8, 4) is 5.75 Å². The average molecular weight is 644 g/mol. The van der Waals surface area contributed by atoms with E-state index in [1.807, 2.05) is 12.1 Å². The van der Waals surface area contributed by atoms with Crippen LogP contribution in [-0.2, 0) is 31.6 Å². The molecule has 6 rings (SSSR count). The summed E-state index contributed by atoms with van der Waals surface area (Å²) in [5.74, 6) is -0.683. The van der Waals surface area contributed by atoms with Crippen molar-refractivity contribution in [2.75, 3.05) is 44.8 Å². The predicted molar refractivity (Wildman–Crippen MR) is 166 cm³/mol. The van der Waals surface area contributed by atoms with E-state index in [1.165, 1.54) is 18.2 Å². The number of halogens is 1. The minimum Gasteiger partial charge on any atom is -0.490 e. The molecule has 2 bridgehead atoms. The largest absolute Gasteiger partial charge is 0.490 e. The summed E-state index contributed by atoms with van der Waals surface area (Å²) >= 11 is 6.38. The fourth-order valence-electron chi connectivity index (χ4n) is 7.14. The van der Waals surface area contributed by atoms with Gasteiger partial charge in [0.05, 0.1) is 25.5 Å². The summed E-state index contributed by atoms with van der Waals surface area (Å²) in [5, 5.41) is 11.8. The Bertz CT molecular complexity index is 1580. The Balaban J connectivity index is 1.40. The molecule has 44 heavy (non-hydrogen) atoms. The number of carbonyl (C=O) groups excluding carboxylic acids is 2. The molecule has 4 atom stereocenters. The summed E-state index contributed by atoms with van der Waals surface area (Å²) in [4.78, 5) is 27.7. The molecule has 0 radical (unpaired) electrons.